The molecular formula is C19H25FIN3OS. The number of methoxy groups -OCH3 is 1. The Morgan fingerprint density at radius 1 is 1.12 bits per heavy atom. The zero-order valence-corrected chi connectivity index (χ0v) is 18.1. The average Bonchev–Trinajstić information content (AvgIpc) is 2.65. The minimum absolute atomic E-state index is 0. The third kappa shape index (κ3) is 7.82. The van der Waals surface area contributed by atoms with E-state index < -0.39 is 0 Å². The Labute approximate surface area is 176 Å². The Morgan fingerprint density at radius 3 is 2.50 bits per heavy atom. The van der Waals surface area contributed by atoms with Crippen molar-refractivity contribution in [2.24, 2.45) is 4.99 Å². The van der Waals surface area contributed by atoms with Crippen molar-refractivity contribution in [3.8, 4) is 5.75 Å². The van der Waals surface area contributed by atoms with Gasteiger partial charge in [0, 0.05) is 31.6 Å². The van der Waals surface area contributed by atoms with Crippen molar-refractivity contribution < 1.29 is 9.13 Å². The molecular weight excluding hydrogens is 464 g/mol. The zero-order valence-electron chi connectivity index (χ0n) is 15.0. The monoisotopic (exact) mass is 489 g/mol. The summed E-state index contributed by atoms with van der Waals surface area (Å²) in [6, 6.07) is 14.8. The summed E-state index contributed by atoms with van der Waals surface area (Å²) in [5, 5.41) is 6.53. The van der Waals surface area contributed by atoms with E-state index in [1.54, 1.807) is 32.0 Å². The Balaban J connectivity index is 0.00000338. The van der Waals surface area contributed by atoms with Gasteiger partial charge in [-0.3, -0.25) is 4.99 Å². The maximum atomic E-state index is 13.5. The average molecular weight is 489 g/mol. The van der Waals surface area contributed by atoms with E-state index in [4.69, 9.17) is 4.74 Å². The van der Waals surface area contributed by atoms with Gasteiger partial charge in [0.25, 0.3) is 0 Å². The molecule has 0 bridgehead atoms. The zero-order chi connectivity index (χ0) is 17.9. The first-order chi connectivity index (χ1) is 12.2. The highest BCUT2D eigenvalue weighted by molar-refractivity contribution is 14.0. The van der Waals surface area contributed by atoms with Crippen LogP contribution in [0.5, 0.6) is 5.75 Å². The van der Waals surface area contributed by atoms with Gasteiger partial charge in [0.05, 0.1) is 7.11 Å². The number of nitrogens with one attached hydrogen (secondary N) is 2. The summed E-state index contributed by atoms with van der Waals surface area (Å²) in [7, 11) is 3.40. The van der Waals surface area contributed by atoms with Crippen molar-refractivity contribution in [3.63, 3.8) is 0 Å². The maximum absolute atomic E-state index is 13.5. The second-order valence-electron chi connectivity index (χ2n) is 5.34. The number of hydrogen-bond donors (Lipinski definition) is 2. The molecule has 0 aliphatic heterocycles. The smallest absolute Gasteiger partial charge is 0.191 e. The molecule has 0 saturated heterocycles. The number of rotatable bonds is 8. The fourth-order valence-electron chi connectivity index (χ4n) is 2.19. The molecule has 0 saturated carbocycles. The molecule has 0 amide bonds. The second kappa shape index (κ2) is 12.8. The number of halogens is 2. The van der Waals surface area contributed by atoms with Crippen LogP contribution in [0.2, 0.25) is 0 Å². The Morgan fingerprint density at radius 2 is 1.85 bits per heavy atom. The fraction of sp³-hybridized carbons (Fsp3) is 0.316. The summed E-state index contributed by atoms with van der Waals surface area (Å²) in [5.41, 5.74) is 1.90. The van der Waals surface area contributed by atoms with E-state index in [-0.39, 0.29) is 29.8 Å². The van der Waals surface area contributed by atoms with E-state index in [0.717, 1.165) is 35.1 Å². The standard InChI is InChI=1S/C19H24FN3OS.HI/c1-21-19(23-13-15-7-9-17(24-2)10-8-15)22-11-12-25-14-16-5-3-4-6-18(16)20;/h3-10H,11-14H2,1-2H3,(H2,21,22,23);1H. The van der Waals surface area contributed by atoms with Gasteiger partial charge in [0.2, 0.25) is 0 Å². The lowest BCUT2D eigenvalue weighted by Gasteiger charge is -2.12. The van der Waals surface area contributed by atoms with Crippen molar-refractivity contribution >= 4 is 41.7 Å². The van der Waals surface area contributed by atoms with Crippen LogP contribution in [0.25, 0.3) is 0 Å². The molecule has 2 rings (SSSR count). The van der Waals surface area contributed by atoms with Crippen molar-refractivity contribution in [2.45, 2.75) is 12.3 Å². The molecule has 0 radical (unpaired) electrons. The number of aliphatic imine (C=N–C) groups is 1. The number of nitrogens with zero attached hydrogens (tertiary/aromatic N) is 1. The minimum atomic E-state index is -0.139. The SMILES string of the molecule is CN=C(NCCSCc1ccccc1F)NCc1ccc(OC)cc1.I. The Hall–Kier alpha value is -1.48. The number of hydrogen-bond acceptors (Lipinski definition) is 3. The van der Waals surface area contributed by atoms with Crippen LogP contribution in [0.4, 0.5) is 4.39 Å². The molecule has 0 aromatic heterocycles. The van der Waals surface area contributed by atoms with Crippen LogP contribution in [-0.4, -0.2) is 32.4 Å². The maximum Gasteiger partial charge on any atom is 0.191 e. The lowest BCUT2D eigenvalue weighted by molar-refractivity contribution is 0.414. The van der Waals surface area contributed by atoms with Crippen molar-refractivity contribution in [1.29, 1.82) is 0 Å². The number of guanidine groups is 1. The Bertz CT molecular complexity index is 683. The number of benzene rings is 2. The van der Waals surface area contributed by atoms with Crippen LogP contribution in [0.1, 0.15) is 11.1 Å². The summed E-state index contributed by atoms with van der Waals surface area (Å²) < 4.78 is 18.7. The molecule has 26 heavy (non-hydrogen) atoms. The van der Waals surface area contributed by atoms with Gasteiger partial charge in [0.15, 0.2) is 5.96 Å². The lowest BCUT2D eigenvalue weighted by Crippen LogP contribution is -2.37. The quantitative estimate of drug-likeness (QED) is 0.254. The van der Waals surface area contributed by atoms with Crippen LogP contribution < -0.4 is 15.4 Å². The third-order valence-electron chi connectivity index (χ3n) is 3.60. The van der Waals surface area contributed by atoms with E-state index in [1.807, 2.05) is 36.4 Å². The van der Waals surface area contributed by atoms with Crippen LogP contribution >= 0.6 is 35.7 Å². The van der Waals surface area contributed by atoms with E-state index in [9.17, 15) is 4.39 Å². The summed E-state index contributed by atoms with van der Waals surface area (Å²) in [6.07, 6.45) is 0. The highest BCUT2D eigenvalue weighted by Gasteiger charge is 2.02. The molecule has 2 aromatic carbocycles. The lowest BCUT2D eigenvalue weighted by atomic mass is 10.2. The molecule has 0 fully saturated rings. The van der Waals surface area contributed by atoms with Crippen molar-refractivity contribution in [1.82, 2.24) is 10.6 Å². The molecule has 0 aliphatic carbocycles. The van der Waals surface area contributed by atoms with Gasteiger partial charge in [-0.15, -0.1) is 24.0 Å². The van der Waals surface area contributed by atoms with E-state index in [0.29, 0.717) is 12.3 Å². The largest absolute Gasteiger partial charge is 0.497 e. The molecule has 2 aromatic rings. The fourth-order valence-corrected chi connectivity index (χ4v) is 3.03. The van der Waals surface area contributed by atoms with Gasteiger partial charge in [-0.05, 0) is 29.3 Å². The molecule has 7 heteroatoms. The highest BCUT2D eigenvalue weighted by Crippen LogP contribution is 2.14. The van der Waals surface area contributed by atoms with Gasteiger partial charge in [-0.2, -0.15) is 11.8 Å². The van der Waals surface area contributed by atoms with Crippen LogP contribution in [0.3, 0.4) is 0 Å². The van der Waals surface area contributed by atoms with E-state index in [2.05, 4.69) is 15.6 Å². The first-order valence-corrected chi connectivity index (χ1v) is 9.27. The first kappa shape index (κ1) is 22.6. The van der Waals surface area contributed by atoms with E-state index in [1.165, 1.54) is 6.07 Å². The van der Waals surface area contributed by atoms with Gasteiger partial charge >= 0.3 is 0 Å². The van der Waals surface area contributed by atoms with Gasteiger partial charge in [-0.1, -0.05) is 30.3 Å². The van der Waals surface area contributed by atoms with Crippen molar-refractivity contribution in [3.05, 3.63) is 65.5 Å². The van der Waals surface area contributed by atoms with Crippen LogP contribution in [-0.2, 0) is 12.3 Å². The molecule has 142 valence electrons. The predicted octanol–water partition coefficient (Wildman–Crippen LogP) is 4.05. The normalized spacial score (nSPS) is 10.8. The van der Waals surface area contributed by atoms with Crippen LogP contribution in [0.15, 0.2) is 53.5 Å². The molecule has 0 atom stereocenters. The van der Waals surface area contributed by atoms with Gasteiger partial charge < -0.3 is 15.4 Å². The molecule has 0 unspecified atom stereocenters. The summed E-state index contributed by atoms with van der Waals surface area (Å²) in [4.78, 5) is 4.21. The summed E-state index contributed by atoms with van der Waals surface area (Å²) >= 11 is 1.69. The highest BCUT2D eigenvalue weighted by atomic mass is 127. The second-order valence-corrected chi connectivity index (χ2v) is 6.45. The summed E-state index contributed by atoms with van der Waals surface area (Å²) in [5.74, 6) is 3.00. The Kier molecular flexibility index (Phi) is 11.1. The molecule has 0 heterocycles. The summed E-state index contributed by atoms with van der Waals surface area (Å²) in [6.45, 7) is 1.45. The van der Waals surface area contributed by atoms with Gasteiger partial charge in [-0.25, -0.2) is 4.39 Å². The van der Waals surface area contributed by atoms with E-state index >= 15 is 0 Å². The predicted molar refractivity (Wildman–Crippen MR) is 119 cm³/mol. The number of thioether (sulfide) groups is 1. The molecule has 0 aliphatic rings. The minimum Gasteiger partial charge on any atom is -0.497 e. The third-order valence-corrected chi connectivity index (χ3v) is 4.60. The molecule has 4 nitrogen and oxygen atoms in total. The van der Waals surface area contributed by atoms with Crippen LogP contribution in [0, 0.1) is 5.82 Å². The molecule has 0 spiro atoms. The molecule has 2 N–H and O–H groups in total. The van der Waals surface area contributed by atoms with Gasteiger partial charge in [0.1, 0.15) is 11.6 Å². The topological polar surface area (TPSA) is 45.7 Å². The number of ether oxygens (including phenoxy) is 1. The van der Waals surface area contributed by atoms with Crippen molar-refractivity contribution in [2.75, 3.05) is 26.5 Å². The first-order valence-electron chi connectivity index (χ1n) is 8.11.